The average molecular weight is 561 g/mol. The quantitative estimate of drug-likeness (QED) is 0.168. The molecule has 3 rings (SSSR count). The Labute approximate surface area is 241 Å². The summed E-state index contributed by atoms with van der Waals surface area (Å²) in [7, 11) is 0. The number of ketones is 1. The summed E-state index contributed by atoms with van der Waals surface area (Å²) in [5.41, 5.74) is 1.11. The molecule has 0 aromatic rings. The molecule has 1 saturated carbocycles. The van der Waals surface area contributed by atoms with Crippen LogP contribution < -0.4 is 0 Å². The second-order valence-corrected chi connectivity index (χ2v) is 12.5. The Kier molecular flexibility index (Phi) is 13.6. The van der Waals surface area contributed by atoms with E-state index >= 15 is 0 Å². The fourth-order valence-corrected chi connectivity index (χ4v) is 5.67. The maximum atomic E-state index is 13.3. The van der Waals surface area contributed by atoms with Crippen LogP contribution in [0.15, 0.2) is 36.0 Å². The predicted molar refractivity (Wildman–Crippen MR) is 156 cm³/mol. The van der Waals surface area contributed by atoms with Crippen LogP contribution in [0.5, 0.6) is 0 Å². The summed E-state index contributed by atoms with van der Waals surface area (Å²) < 4.78 is 24.8. The molecule has 3 fully saturated rings. The van der Waals surface area contributed by atoms with Crippen molar-refractivity contribution in [2.75, 3.05) is 13.2 Å². The Bertz CT molecular complexity index is 873. The van der Waals surface area contributed by atoms with Crippen molar-refractivity contribution < 1.29 is 33.6 Å². The summed E-state index contributed by atoms with van der Waals surface area (Å²) in [6.45, 7) is 10.1. The van der Waals surface area contributed by atoms with Gasteiger partial charge in [0.2, 0.25) is 0 Å². The number of ether oxygens (including phenoxy) is 4. The van der Waals surface area contributed by atoms with Gasteiger partial charge in [0.1, 0.15) is 5.78 Å². The van der Waals surface area contributed by atoms with Gasteiger partial charge in [0.25, 0.3) is 0 Å². The Balaban J connectivity index is 1.79. The molecule has 7 heteroatoms. The molecule has 6 atom stereocenters. The smallest absolute Gasteiger partial charge is 0.303 e. The van der Waals surface area contributed by atoms with E-state index in [0.29, 0.717) is 32.3 Å². The number of allylic oxidation sites excluding steroid dienone is 4. The summed E-state index contributed by atoms with van der Waals surface area (Å²) in [4.78, 5) is 24.1. The number of Topliss-reactive ketones (excluding diaryl/α,β-unsaturated/α-hetero) is 1. The molecule has 0 bridgehead atoms. The van der Waals surface area contributed by atoms with Crippen LogP contribution >= 0.6 is 0 Å². The first-order chi connectivity index (χ1) is 19.2. The van der Waals surface area contributed by atoms with Gasteiger partial charge in [-0.2, -0.15) is 0 Å². The summed E-state index contributed by atoms with van der Waals surface area (Å²) in [5, 5.41) is 8.88. The molecule has 2 aliphatic heterocycles. The van der Waals surface area contributed by atoms with Gasteiger partial charge in [0, 0.05) is 37.9 Å². The highest BCUT2D eigenvalue weighted by Crippen LogP contribution is 2.39. The van der Waals surface area contributed by atoms with Crippen molar-refractivity contribution in [3.8, 4) is 0 Å². The van der Waals surface area contributed by atoms with E-state index in [-0.39, 0.29) is 54.2 Å². The minimum absolute atomic E-state index is 0.0840. The normalized spacial score (nSPS) is 28.8. The Morgan fingerprint density at radius 1 is 1.07 bits per heavy atom. The van der Waals surface area contributed by atoms with Gasteiger partial charge in [0.15, 0.2) is 12.6 Å². The fourth-order valence-electron chi connectivity index (χ4n) is 5.67. The number of rotatable bonds is 15. The Hall–Kier alpha value is -1.80. The highest BCUT2D eigenvalue weighted by Gasteiger charge is 2.43. The largest absolute Gasteiger partial charge is 0.481 e. The zero-order valence-electron chi connectivity index (χ0n) is 25.1. The standard InChI is InChI=1S/C33H52O7/c1-24(2)19-20-33(3,4)29(40-32-16-10-12-22-38-32)18-17-26-25(13-7-5-6-8-14-30(35)36)27(34)23-28(26)39-31-15-9-11-21-37-31/h5,7,17-19,25-26,28-29,31-32H,6,8-16,20-23H2,1-4H3,(H,35,36)/t25-,26-,28-,29+,31?,32?/m1/s1. The highest BCUT2D eigenvalue weighted by atomic mass is 16.7. The van der Waals surface area contributed by atoms with Crippen molar-refractivity contribution in [2.24, 2.45) is 17.3 Å². The average Bonchev–Trinajstić information content (AvgIpc) is 3.21. The van der Waals surface area contributed by atoms with Crippen LogP contribution in [0, 0.1) is 17.3 Å². The monoisotopic (exact) mass is 560 g/mol. The molecule has 1 N–H and O–H groups in total. The van der Waals surface area contributed by atoms with Gasteiger partial charge >= 0.3 is 5.97 Å². The Morgan fingerprint density at radius 3 is 2.40 bits per heavy atom. The minimum Gasteiger partial charge on any atom is -0.481 e. The van der Waals surface area contributed by atoms with Gasteiger partial charge in [-0.05, 0) is 83.5 Å². The molecular formula is C33H52O7. The van der Waals surface area contributed by atoms with Gasteiger partial charge in [0.05, 0.1) is 12.2 Å². The van der Waals surface area contributed by atoms with Crippen LogP contribution in [0.3, 0.4) is 0 Å². The van der Waals surface area contributed by atoms with E-state index in [4.69, 9.17) is 24.1 Å². The molecule has 1 aliphatic carbocycles. The first-order valence-corrected chi connectivity index (χ1v) is 15.4. The number of hydrogen-bond acceptors (Lipinski definition) is 6. The molecule has 0 spiro atoms. The predicted octanol–water partition coefficient (Wildman–Crippen LogP) is 7.16. The fraction of sp³-hybridized carbons (Fsp3) is 0.758. The zero-order valence-corrected chi connectivity index (χ0v) is 25.1. The van der Waals surface area contributed by atoms with Crippen molar-refractivity contribution in [3.63, 3.8) is 0 Å². The number of carbonyl (C=O) groups excluding carboxylic acids is 1. The summed E-state index contributed by atoms with van der Waals surface area (Å²) in [6.07, 6.45) is 19.1. The Morgan fingerprint density at radius 2 is 1.77 bits per heavy atom. The lowest BCUT2D eigenvalue weighted by molar-refractivity contribution is -0.197. The molecule has 0 aromatic carbocycles. The maximum absolute atomic E-state index is 13.3. The highest BCUT2D eigenvalue weighted by molar-refractivity contribution is 5.85. The lowest BCUT2D eigenvalue weighted by Crippen LogP contribution is -2.36. The van der Waals surface area contributed by atoms with Crippen LogP contribution in [0.1, 0.15) is 105 Å². The molecule has 0 radical (unpaired) electrons. The number of aliphatic carboxylic acids is 1. The lowest BCUT2D eigenvalue weighted by Gasteiger charge is -2.36. The van der Waals surface area contributed by atoms with Gasteiger partial charge in [-0.3, -0.25) is 9.59 Å². The van der Waals surface area contributed by atoms with Gasteiger partial charge in [-0.25, -0.2) is 0 Å². The van der Waals surface area contributed by atoms with Crippen LogP contribution in [0.25, 0.3) is 0 Å². The van der Waals surface area contributed by atoms with E-state index in [2.05, 4.69) is 45.9 Å². The van der Waals surface area contributed by atoms with Crippen molar-refractivity contribution in [1.82, 2.24) is 0 Å². The molecule has 3 aliphatic rings. The van der Waals surface area contributed by atoms with E-state index in [0.717, 1.165) is 51.6 Å². The molecule has 2 unspecified atom stereocenters. The van der Waals surface area contributed by atoms with Crippen molar-refractivity contribution in [1.29, 1.82) is 0 Å². The third-order valence-electron chi connectivity index (χ3n) is 8.24. The number of carboxylic acids is 1. The molecule has 226 valence electrons. The number of carbonyl (C=O) groups is 2. The summed E-state index contributed by atoms with van der Waals surface area (Å²) >= 11 is 0. The molecule has 7 nitrogen and oxygen atoms in total. The lowest BCUT2D eigenvalue weighted by atomic mass is 9.81. The van der Waals surface area contributed by atoms with E-state index < -0.39 is 5.97 Å². The first-order valence-electron chi connectivity index (χ1n) is 15.4. The van der Waals surface area contributed by atoms with Crippen molar-refractivity contribution >= 4 is 11.8 Å². The van der Waals surface area contributed by atoms with E-state index in [1.165, 1.54) is 5.57 Å². The van der Waals surface area contributed by atoms with E-state index in [9.17, 15) is 9.59 Å². The van der Waals surface area contributed by atoms with Crippen LogP contribution in [0.4, 0.5) is 0 Å². The number of unbranched alkanes of at least 4 members (excludes halogenated alkanes) is 1. The topological polar surface area (TPSA) is 91.3 Å². The zero-order chi connectivity index (χ0) is 29.0. The number of carboxylic acid groups (broad SMARTS) is 1. The van der Waals surface area contributed by atoms with Crippen LogP contribution in [0.2, 0.25) is 0 Å². The van der Waals surface area contributed by atoms with Gasteiger partial charge < -0.3 is 24.1 Å². The number of hydrogen-bond donors (Lipinski definition) is 1. The SMILES string of the molecule is CC(C)=CCC(C)(C)[C@H](C=C[C@H]1[C@H](OC2CCCCO2)CC(=O)[C@@H]1CC=CCCCC(=O)O)OC1CCCCO1. The molecular weight excluding hydrogens is 508 g/mol. The second kappa shape index (κ2) is 16.6. The first kappa shape index (κ1) is 32.7. The van der Waals surface area contributed by atoms with Gasteiger partial charge in [-0.1, -0.05) is 49.8 Å². The molecule has 0 amide bonds. The third-order valence-corrected chi connectivity index (χ3v) is 8.24. The van der Waals surface area contributed by atoms with E-state index in [1.807, 2.05) is 12.2 Å². The van der Waals surface area contributed by atoms with E-state index in [1.54, 1.807) is 0 Å². The van der Waals surface area contributed by atoms with Gasteiger partial charge in [-0.15, -0.1) is 0 Å². The summed E-state index contributed by atoms with van der Waals surface area (Å²) in [5.74, 6) is -0.840. The van der Waals surface area contributed by atoms with Crippen LogP contribution in [-0.2, 0) is 28.5 Å². The third kappa shape index (κ3) is 10.9. The second-order valence-electron chi connectivity index (χ2n) is 12.5. The summed E-state index contributed by atoms with van der Waals surface area (Å²) in [6, 6.07) is 0. The molecule has 40 heavy (non-hydrogen) atoms. The van der Waals surface area contributed by atoms with Crippen LogP contribution in [-0.4, -0.2) is 54.9 Å². The van der Waals surface area contributed by atoms with Crippen molar-refractivity contribution in [2.45, 2.75) is 130 Å². The minimum atomic E-state index is -0.780. The maximum Gasteiger partial charge on any atom is 0.303 e. The molecule has 2 heterocycles. The molecule has 2 saturated heterocycles. The van der Waals surface area contributed by atoms with Crippen molar-refractivity contribution in [3.05, 3.63) is 36.0 Å². The molecule has 0 aromatic heterocycles.